The number of rotatable bonds is 9. The second-order valence-electron chi connectivity index (χ2n) is 3.82. The van der Waals surface area contributed by atoms with Crippen LogP contribution >= 0.6 is 0 Å². The molecule has 0 heterocycles. The monoisotopic (exact) mass is 269 g/mol. The van der Waals surface area contributed by atoms with Crippen LogP contribution < -0.4 is 14.8 Å². The van der Waals surface area contributed by atoms with Crippen molar-refractivity contribution in [2.45, 2.75) is 20.1 Å². The Bertz CT molecular complexity index is 342. The maximum atomic E-state index is 5.47. The highest BCUT2D eigenvalue weighted by molar-refractivity contribution is 5.53. The first-order valence-electron chi connectivity index (χ1n) is 6.43. The summed E-state index contributed by atoms with van der Waals surface area (Å²) in [4.78, 5) is 0. The molecule has 0 aliphatic heterocycles. The molecule has 0 bridgehead atoms. The molecule has 0 amide bonds. The van der Waals surface area contributed by atoms with Crippen LogP contribution in [0.4, 0.5) is 5.69 Å². The highest BCUT2D eigenvalue weighted by atomic mass is 16.7. The van der Waals surface area contributed by atoms with Gasteiger partial charge in [-0.15, -0.1) is 0 Å². The highest BCUT2D eigenvalue weighted by Crippen LogP contribution is 2.25. The minimum atomic E-state index is -0.257. The molecule has 0 aliphatic rings. The van der Waals surface area contributed by atoms with Crippen molar-refractivity contribution in [3.05, 3.63) is 18.2 Å². The molecular formula is C14H23NO4. The summed E-state index contributed by atoms with van der Waals surface area (Å²) in [6.45, 7) is 5.70. The summed E-state index contributed by atoms with van der Waals surface area (Å²) < 4.78 is 21.4. The van der Waals surface area contributed by atoms with Gasteiger partial charge in [0.25, 0.3) is 0 Å². The Kier molecular flexibility index (Phi) is 7.07. The van der Waals surface area contributed by atoms with E-state index in [1.807, 2.05) is 32.0 Å². The standard InChI is InChI=1S/C14H23NO4/c1-5-18-14(19-6-2)10-15-11-7-12(16-3)9-13(8-11)17-4/h7-9,14-15H,5-6,10H2,1-4H3. The first kappa shape index (κ1) is 15.6. The Morgan fingerprint density at radius 3 is 1.89 bits per heavy atom. The van der Waals surface area contributed by atoms with Crippen LogP contribution in [0.15, 0.2) is 18.2 Å². The van der Waals surface area contributed by atoms with E-state index in [9.17, 15) is 0 Å². The summed E-state index contributed by atoms with van der Waals surface area (Å²) in [6.07, 6.45) is -0.257. The van der Waals surface area contributed by atoms with Gasteiger partial charge in [-0.2, -0.15) is 0 Å². The van der Waals surface area contributed by atoms with Gasteiger partial charge in [0.15, 0.2) is 6.29 Å². The molecule has 0 aliphatic carbocycles. The zero-order chi connectivity index (χ0) is 14.1. The van der Waals surface area contributed by atoms with E-state index in [2.05, 4.69) is 5.32 Å². The summed E-state index contributed by atoms with van der Waals surface area (Å²) in [5, 5.41) is 3.25. The first-order valence-corrected chi connectivity index (χ1v) is 6.43. The molecule has 0 radical (unpaired) electrons. The maximum absolute atomic E-state index is 5.47. The fourth-order valence-corrected chi connectivity index (χ4v) is 1.65. The molecular weight excluding hydrogens is 246 g/mol. The summed E-state index contributed by atoms with van der Waals surface area (Å²) in [7, 11) is 3.25. The summed E-state index contributed by atoms with van der Waals surface area (Å²) in [5.41, 5.74) is 0.903. The second kappa shape index (κ2) is 8.61. The Morgan fingerprint density at radius 1 is 0.947 bits per heavy atom. The van der Waals surface area contributed by atoms with Crippen LogP contribution in [0.5, 0.6) is 11.5 Å². The van der Waals surface area contributed by atoms with E-state index in [0.717, 1.165) is 17.2 Å². The van der Waals surface area contributed by atoms with Crippen LogP contribution in [0, 0.1) is 0 Å². The first-order chi connectivity index (χ1) is 9.23. The molecule has 1 N–H and O–H groups in total. The Labute approximate surface area is 114 Å². The molecule has 0 spiro atoms. The van der Waals surface area contributed by atoms with Gasteiger partial charge in [0.1, 0.15) is 11.5 Å². The SMILES string of the molecule is CCOC(CNc1cc(OC)cc(OC)c1)OCC. The van der Waals surface area contributed by atoms with Gasteiger partial charge in [-0.05, 0) is 13.8 Å². The van der Waals surface area contributed by atoms with E-state index < -0.39 is 0 Å². The highest BCUT2D eigenvalue weighted by Gasteiger charge is 2.08. The van der Waals surface area contributed by atoms with Crippen LogP contribution in [-0.4, -0.2) is 40.3 Å². The van der Waals surface area contributed by atoms with E-state index in [-0.39, 0.29) is 6.29 Å². The third-order valence-electron chi connectivity index (χ3n) is 2.53. The molecule has 0 aromatic heterocycles. The maximum Gasteiger partial charge on any atom is 0.174 e. The lowest BCUT2D eigenvalue weighted by Gasteiger charge is -2.18. The molecule has 5 nitrogen and oxygen atoms in total. The minimum absolute atomic E-state index is 0.257. The summed E-state index contributed by atoms with van der Waals surface area (Å²) in [5.74, 6) is 1.48. The number of ether oxygens (including phenoxy) is 4. The van der Waals surface area contributed by atoms with Crippen molar-refractivity contribution in [2.75, 3.05) is 39.3 Å². The van der Waals surface area contributed by atoms with E-state index >= 15 is 0 Å². The minimum Gasteiger partial charge on any atom is -0.497 e. The van der Waals surface area contributed by atoms with E-state index in [1.54, 1.807) is 14.2 Å². The zero-order valence-electron chi connectivity index (χ0n) is 12.1. The van der Waals surface area contributed by atoms with Gasteiger partial charge in [-0.1, -0.05) is 0 Å². The van der Waals surface area contributed by atoms with Gasteiger partial charge in [0.2, 0.25) is 0 Å². The third kappa shape index (κ3) is 5.36. The number of anilines is 1. The van der Waals surface area contributed by atoms with Crippen LogP contribution in [0.25, 0.3) is 0 Å². The topological polar surface area (TPSA) is 49.0 Å². The Balaban J connectivity index is 2.64. The molecule has 1 aromatic rings. The Hall–Kier alpha value is -1.46. The molecule has 19 heavy (non-hydrogen) atoms. The van der Waals surface area contributed by atoms with Gasteiger partial charge in [0.05, 0.1) is 20.8 Å². The van der Waals surface area contributed by atoms with Crippen LogP contribution in [-0.2, 0) is 9.47 Å². The van der Waals surface area contributed by atoms with Gasteiger partial charge in [0, 0.05) is 37.1 Å². The largest absolute Gasteiger partial charge is 0.497 e. The van der Waals surface area contributed by atoms with Gasteiger partial charge >= 0.3 is 0 Å². The quantitative estimate of drug-likeness (QED) is 0.698. The van der Waals surface area contributed by atoms with Crippen molar-refractivity contribution in [3.63, 3.8) is 0 Å². The molecule has 0 saturated heterocycles. The lowest BCUT2D eigenvalue weighted by Crippen LogP contribution is -2.26. The summed E-state index contributed by atoms with van der Waals surface area (Å²) >= 11 is 0. The zero-order valence-corrected chi connectivity index (χ0v) is 12.1. The van der Waals surface area contributed by atoms with Crippen molar-refractivity contribution in [2.24, 2.45) is 0 Å². The van der Waals surface area contributed by atoms with Gasteiger partial charge in [-0.3, -0.25) is 0 Å². The smallest absolute Gasteiger partial charge is 0.174 e. The summed E-state index contributed by atoms with van der Waals surface area (Å²) in [6, 6.07) is 5.63. The van der Waals surface area contributed by atoms with Gasteiger partial charge < -0.3 is 24.3 Å². The van der Waals surface area contributed by atoms with E-state index in [4.69, 9.17) is 18.9 Å². The molecule has 1 rings (SSSR count). The average Bonchev–Trinajstić information content (AvgIpc) is 2.44. The van der Waals surface area contributed by atoms with Crippen molar-refractivity contribution < 1.29 is 18.9 Å². The molecule has 5 heteroatoms. The fourth-order valence-electron chi connectivity index (χ4n) is 1.65. The van der Waals surface area contributed by atoms with Crippen molar-refractivity contribution in [1.29, 1.82) is 0 Å². The molecule has 0 saturated carbocycles. The molecule has 0 unspecified atom stereocenters. The van der Waals surface area contributed by atoms with Crippen molar-refractivity contribution in [3.8, 4) is 11.5 Å². The average molecular weight is 269 g/mol. The van der Waals surface area contributed by atoms with Crippen LogP contribution in [0.2, 0.25) is 0 Å². The second-order valence-corrected chi connectivity index (χ2v) is 3.82. The number of benzene rings is 1. The predicted molar refractivity (Wildman–Crippen MR) is 75.1 cm³/mol. The number of hydrogen-bond acceptors (Lipinski definition) is 5. The molecule has 108 valence electrons. The van der Waals surface area contributed by atoms with Crippen molar-refractivity contribution in [1.82, 2.24) is 0 Å². The number of hydrogen-bond donors (Lipinski definition) is 1. The van der Waals surface area contributed by atoms with Crippen LogP contribution in [0.3, 0.4) is 0 Å². The third-order valence-corrected chi connectivity index (χ3v) is 2.53. The normalized spacial score (nSPS) is 10.6. The Morgan fingerprint density at radius 2 is 1.47 bits per heavy atom. The van der Waals surface area contributed by atoms with Gasteiger partial charge in [-0.25, -0.2) is 0 Å². The molecule has 0 atom stereocenters. The van der Waals surface area contributed by atoms with E-state index in [1.165, 1.54) is 0 Å². The van der Waals surface area contributed by atoms with Crippen molar-refractivity contribution >= 4 is 5.69 Å². The molecule has 1 aromatic carbocycles. The molecule has 0 fully saturated rings. The fraction of sp³-hybridized carbons (Fsp3) is 0.571. The lowest BCUT2D eigenvalue weighted by atomic mass is 10.2. The number of methoxy groups -OCH3 is 2. The number of nitrogens with one attached hydrogen (secondary N) is 1. The van der Waals surface area contributed by atoms with Crippen LogP contribution in [0.1, 0.15) is 13.8 Å². The van der Waals surface area contributed by atoms with E-state index in [0.29, 0.717) is 19.8 Å². The lowest BCUT2D eigenvalue weighted by molar-refractivity contribution is -0.126. The predicted octanol–water partition coefficient (Wildman–Crippen LogP) is 2.51.